The number of carbonyl (C=O) groups is 1. The molecule has 0 N–H and O–H groups in total. The Balaban J connectivity index is 2.01. The summed E-state index contributed by atoms with van der Waals surface area (Å²) in [5.41, 5.74) is 2.02. The second-order valence-corrected chi connectivity index (χ2v) is 5.71. The molecule has 2 heterocycles. The molecule has 7 nitrogen and oxygen atoms in total. The second kappa shape index (κ2) is 7.74. The van der Waals surface area contributed by atoms with Crippen LogP contribution in [0.4, 0.5) is 0 Å². The Morgan fingerprint density at radius 1 is 1.38 bits per heavy atom. The summed E-state index contributed by atoms with van der Waals surface area (Å²) in [7, 11) is 1.78. The van der Waals surface area contributed by atoms with Gasteiger partial charge in [0.1, 0.15) is 11.6 Å². The largest absolute Gasteiger partial charge is 0.490 e. The molecule has 0 saturated heterocycles. The molecule has 0 fully saturated rings. The van der Waals surface area contributed by atoms with Crippen LogP contribution in [0.25, 0.3) is 17.3 Å². The molecule has 0 amide bonds. The third-order valence-corrected chi connectivity index (χ3v) is 3.79. The average Bonchev–Trinajstić information content (AvgIpc) is 2.85. The predicted molar refractivity (Wildman–Crippen MR) is 94.5 cm³/mol. The predicted octanol–water partition coefficient (Wildman–Crippen LogP) is 2.72. The molecule has 0 saturated carbocycles. The Kier molecular flexibility index (Phi) is 5.23. The first kappa shape index (κ1) is 17.5. The number of benzene rings is 1. The highest BCUT2D eigenvalue weighted by Crippen LogP contribution is 2.35. The number of ether oxygens (including phenoxy) is 3. The van der Waals surface area contributed by atoms with E-state index in [9.17, 15) is 10.1 Å². The van der Waals surface area contributed by atoms with Crippen LogP contribution in [0, 0.1) is 11.3 Å². The number of carbonyl (C=O) groups excluding carboxylic acids is 1. The molecular weight excluding hydrogens is 334 g/mol. The van der Waals surface area contributed by atoms with E-state index in [2.05, 4.69) is 5.10 Å². The van der Waals surface area contributed by atoms with Gasteiger partial charge in [0.15, 0.2) is 11.5 Å². The minimum Gasteiger partial charge on any atom is -0.490 e. The number of aromatic nitrogens is 2. The fourth-order valence-corrected chi connectivity index (χ4v) is 2.65. The molecular formula is C19H19N3O4. The summed E-state index contributed by atoms with van der Waals surface area (Å²) in [6, 6.07) is 7.46. The maximum Gasteiger partial charge on any atom is 0.348 e. The van der Waals surface area contributed by atoms with E-state index in [1.807, 2.05) is 24.3 Å². The zero-order valence-electron chi connectivity index (χ0n) is 14.7. The standard InChI is InChI=1S/C19H19N3O4/c1-3-24-19(23)14(11-20)9-15-12-22(2)21-18(15)13-5-6-16-17(10-13)26-8-4-7-25-16/h5-6,9-10,12H,3-4,7-8H2,1-2H3/b14-9+. The zero-order valence-corrected chi connectivity index (χ0v) is 14.7. The van der Waals surface area contributed by atoms with Gasteiger partial charge in [0.2, 0.25) is 0 Å². The quantitative estimate of drug-likeness (QED) is 0.477. The van der Waals surface area contributed by atoms with E-state index in [0.717, 1.165) is 12.0 Å². The van der Waals surface area contributed by atoms with Crippen LogP contribution in [0.15, 0.2) is 30.0 Å². The van der Waals surface area contributed by atoms with Gasteiger partial charge in [-0.25, -0.2) is 4.79 Å². The van der Waals surface area contributed by atoms with Crippen molar-refractivity contribution in [1.82, 2.24) is 9.78 Å². The SMILES string of the molecule is CCOC(=O)/C(C#N)=C/c1cn(C)nc1-c1ccc2c(c1)OCCCO2. The van der Waals surface area contributed by atoms with Gasteiger partial charge in [-0.2, -0.15) is 10.4 Å². The summed E-state index contributed by atoms with van der Waals surface area (Å²) >= 11 is 0. The Hall–Kier alpha value is -3.27. The normalized spacial score (nSPS) is 13.7. The molecule has 0 spiro atoms. The summed E-state index contributed by atoms with van der Waals surface area (Å²) in [6.07, 6.45) is 4.06. The summed E-state index contributed by atoms with van der Waals surface area (Å²) in [5, 5.41) is 13.7. The maximum atomic E-state index is 11.9. The van der Waals surface area contributed by atoms with Crippen molar-refractivity contribution in [2.24, 2.45) is 7.05 Å². The number of esters is 1. The van der Waals surface area contributed by atoms with E-state index >= 15 is 0 Å². The van der Waals surface area contributed by atoms with Crippen molar-refractivity contribution >= 4 is 12.0 Å². The number of aryl methyl sites for hydroxylation is 1. The lowest BCUT2D eigenvalue weighted by Crippen LogP contribution is -2.06. The first-order valence-corrected chi connectivity index (χ1v) is 8.35. The molecule has 0 aliphatic carbocycles. The van der Waals surface area contributed by atoms with Crippen LogP contribution in [-0.2, 0) is 16.6 Å². The van der Waals surface area contributed by atoms with Gasteiger partial charge in [-0.05, 0) is 31.2 Å². The van der Waals surface area contributed by atoms with Gasteiger partial charge in [-0.1, -0.05) is 0 Å². The molecule has 1 aliphatic rings. The van der Waals surface area contributed by atoms with Gasteiger partial charge in [-0.15, -0.1) is 0 Å². The van der Waals surface area contributed by atoms with Crippen LogP contribution in [0.3, 0.4) is 0 Å². The van der Waals surface area contributed by atoms with Gasteiger partial charge >= 0.3 is 5.97 Å². The van der Waals surface area contributed by atoms with Crippen molar-refractivity contribution in [3.05, 3.63) is 35.5 Å². The number of fused-ring (bicyclic) bond motifs is 1. The van der Waals surface area contributed by atoms with Crippen molar-refractivity contribution in [3.8, 4) is 28.8 Å². The van der Waals surface area contributed by atoms with Gasteiger partial charge in [0.05, 0.1) is 25.5 Å². The van der Waals surface area contributed by atoms with Crippen molar-refractivity contribution in [2.45, 2.75) is 13.3 Å². The summed E-state index contributed by atoms with van der Waals surface area (Å²) < 4.78 is 17.9. The monoisotopic (exact) mass is 353 g/mol. The lowest BCUT2D eigenvalue weighted by molar-refractivity contribution is -0.137. The van der Waals surface area contributed by atoms with E-state index in [0.29, 0.717) is 36.0 Å². The van der Waals surface area contributed by atoms with Gasteiger partial charge < -0.3 is 14.2 Å². The lowest BCUT2D eigenvalue weighted by atomic mass is 10.1. The number of hydrogen-bond acceptors (Lipinski definition) is 6. The zero-order chi connectivity index (χ0) is 18.5. The molecule has 0 atom stereocenters. The maximum absolute atomic E-state index is 11.9. The van der Waals surface area contributed by atoms with Crippen LogP contribution in [0.5, 0.6) is 11.5 Å². The minimum absolute atomic E-state index is 0.0737. The fraction of sp³-hybridized carbons (Fsp3) is 0.316. The van der Waals surface area contributed by atoms with Crippen LogP contribution in [0.1, 0.15) is 18.9 Å². The number of nitrogens with zero attached hydrogens (tertiary/aromatic N) is 3. The Labute approximate surface area is 151 Å². The molecule has 0 unspecified atom stereocenters. The van der Waals surface area contributed by atoms with E-state index in [1.54, 1.807) is 24.9 Å². The van der Waals surface area contributed by atoms with E-state index < -0.39 is 5.97 Å². The molecule has 7 heteroatoms. The summed E-state index contributed by atoms with van der Waals surface area (Å²) in [4.78, 5) is 11.9. The summed E-state index contributed by atoms with van der Waals surface area (Å²) in [5.74, 6) is 0.707. The molecule has 1 aromatic heterocycles. The highest BCUT2D eigenvalue weighted by Gasteiger charge is 2.17. The highest BCUT2D eigenvalue weighted by molar-refractivity contribution is 5.98. The molecule has 26 heavy (non-hydrogen) atoms. The third kappa shape index (κ3) is 3.70. The van der Waals surface area contributed by atoms with Crippen LogP contribution in [0.2, 0.25) is 0 Å². The first-order chi connectivity index (χ1) is 12.6. The minimum atomic E-state index is -0.650. The molecule has 134 valence electrons. The third-order valence-electron chi connectivity index (χ3n) is 3.79. The highest BCUT2D eigenvalue weighted by atomic mass is 16.5. The molecule has 0 radical (unpaired) electrons. The summed E-state index contributed by atoms with van der Waals surface area (Å²) in [6.45, 7) is 3.11. The molecule has 1 aliphatic heterocycles. The smallest absolute Gasteiger partial charge is 0.348 e. The Morgan fingerprint density at radius 2 is 2.15 bits per heavy atom. The van der Waals surface area contributed by atoms with Crippen LogP contribution >= 0.6 is 0 Å². The van der Waals surface area contributed by atoms with Gasteiger partial charge in [-0.3, -0.25) is 4.68 Å². The first-order valence-electron chi connectivity index (χ1n) is 8.35. The van der Waals surface area contributed by atoms with Crippen LogP contribution < -0.4 is 9.47 Å². The van der Waals surface area contributed by atoms with Gasteiger partial charge in [0.25, 0.3) is 0 Å². The molecule has 0 bridgehead atoms. The van der Waals surface area contributed by atoms with Crippen molar-refractivity contribution in [2.75, 3.05) is 19.8 Å². The van der Waals surface area contributed by atoms with E-state index in [-0.39, 0.29) is 12.2 Å². The Morgan fingerprint density at radius 3 is 2.88 bits per heavy atom. The fourth-order valence-electron chi connectivity index (χ4n) is 2.65. The van der Waals surface area contributed by atoms with Crippen molar-refractivity contribution in [3.63, 3.8) is 0 Å². The number of rotatable bonds is 4. The van der Waals surface area contributed by atoms with Crippen molar-refractivity contribution < 1.29 is 19.0 Å². The topological polar surface area (TPSA) is 86.4 Å². The average molecular weight is 353 g/mol. The number of hydrogen-bond donors (Lipinski definition) is 0. The van der Waals surface area contributed by atoms with Crippen molar-refractivity contribution in [1.29, 1.82) is 5.26 Å². The van der Waals surface area contributed by atoms with E-state index in [1.165, 1.54) is 6.08 Å². The van der Waals surface area contributed by atoms with Gasteiger partial charge in [0, 0.05) is 30.8 Å². The second-order valence-electron chi connectivity index (χ2n) is 5.71. The molecule has 2 aromatic rings. The lowest BCUT2D eigenvalue weighted by Gasteiger charge is -2.08. The van der Waals surface area contributed by atoms with Crippen LogP contribution in [-0.4, -0.2) is 35.6 Å². The number of nitriles is 1. The Bertz CT molecular complexity index is 893. The van der Waals surface area contributed by atoms with E-state index in [4.69, 9.17) is 14.2 Å². The molecule has 1 aromatic carbocycles. The molecule has 3 rings (SSSR count).